The maximum absolute atomic E-state index is 13.2. The van der Waals surface area contributed by atoms with Crippen molar-refractivity contribution in [2.45, 2.75) is 45.1 Å². The largest absolute Gasteiger partial charge is 0.489 e. The first-order valence-electron chi connectivity index (χ1n) is 11.4. The second-order valence-electron chi connectivity index (χ2n) is 9.37. The second kappa shape index (κ2) is 9.75. The van der Waals surface area contributed by atoms with Crippen LogP contribution in [-0.2, 0) is 12.4 Å². The number of hydroxylamine groups is 2. The van der Waals surface area contributed by atoms with E-state index in [1.165, 1.54) is 12.1 Å². The Morgan fingerprint density at radius 2 is 1.54 bits per heavy atom. The van der Waals surface area contributed by atoms with Gasteiger partial charge in [-0.05, 0) is 43.0 Å². The van der Waals surface area contributed by atoms with E-state index in [0.717, 1.165) is 37.2 Å². The molecule has 35 heavy (non-hydrogen) atoms. The van der Waals surface area contributed by atoms with Crippen LogP contribution >= 0.6 is 0 Å². The van der Waals surface area contributed by atoms with Gasteiger partial charge in [0.2, 0.25) is 5.88 Å². The Balaban J connectivity index is 1.43. The summed E-state index contributed by atoms with van der Waals surface area (Å²) in [6, 6.07) is 5.31. The Morgan fingerprint density at radius 3 is 2.09 bits per heavy atom. The van der Waals surface area contributed by atoms with Gasteiger partial charge in [0.1, 0.15) is 6.10 Å². The lowest BCUT2D eigenvalue weighted by Gasteiger charge is -2.37. The van der Waals surface area contributed by atoms with E-state index in [9.17, 15) is 26.3 Å². The van der Waals surface area contributed by atoms with E-state index in [1.807, 2.05) is 13.8 Å². The number of piperidine rings is 1. The van der Waals surface area contributed by atoms with Crippen LogP contribution in [-0.4, -0.2) is 35.8 Å². The highest BCUT2D eigenvalue weighted by Crippen LogP contribution is 2.42. The lowest BCUT2D eigenvalue weighted by atomic mass is 9.96. The molecule has 4 rings (SSSR count). The van der Waals surface area contributed by atoms with Crippen LogP contribution in [0.3, 0.4) is 0 Å². The summed E-state index contributed by atoms with van der Waals surface area (Å²) in [5, 5.41) is 1.69. The van der Waals surface area contributed by atoms with Gasteiger partial charge in [0.05, 0.1) is 17.7 Å². The molecule has 2 heterocycles. The van der Waals surface area contributed by atoms with Crippen molar-refractivity contribution in [1.29, 1.82) is 0 Å². The molecule has 1 aliphatic heterocycles. The molecule has 1 aromatic heterocycles. The van der Waals surface area contributed by atoms with E-state index in [0.29, 0.717) is 13.1 Å². The molecule has 1 saturated carbocycles. The summed E-state index contributed by atoms with van der Waals surface area (Å²) in [5.74, 6) is 0.524. The molecule has 2 fully saturated rings. The lowest BCUT2D eigenvalue weighted by molar-refractivity contribution is -0.139. The maximum Gasteiger partial charge on any atom is 0.417 e. The van der Waals surface area contributed by atoms with Gasteiger partial charge in [-0.15, -0.1) is 5.06 Å². The molecule has 0 N–H and O–H groups in total. The van der Waals surface area contributed by atoms with Gasteiger partial charge < -0.3 is 14.3 Å². The smallest absolute Gasteiger partial charge is 0.417 e. The molecule has 1 aliphatic carbocycles. The zero-order valence-corrected chi connectivity index (χ0v) is 19.2. The number of ether oxygens (including phenoxy) is 2. The monoisotopic (exact) mass is 504 g/mol. The van der Waals surface area contributed by atoms with Crippen LogP contribution in [0, 0.1) is 17.8 Å². The summed E-state index contributed by atoms with van der Waals surface area (Å²) in [6.07, 6.45) is -6.79. The number of alkyl halides is 6. The van der Waals surface area contributed by atoms with Crippen molar-refractivity contribution >= 4 is 0 Å². The average molecular weight is 504 g/mol. The van der Waals surface area contributed by atoms with E-state index in [2.05, 4.69) is 4.98 Å². The fourth-order valence-corrected chi connectivity index (χ4v) is 4.42. The van der Waals surface area contributed by atoms with Gasteiger partial charge in [0.15, 0.2) is 11.5 Å². The zero-order valence-electron chi connectivity index (χ0n) is 19.2. The van der Waals surface area contributed by atoms with Gasteiger partial charge in [-0.1, -0.05) is 13.8 Å². The fraction of sp³-hybridized carbons (Fsp3) is 0.542. The molecular weight excluding hydrogens is 478 g/mol. The maximum atomic E-state index is 13.2. The number of fused-ring (bicyclic) bond motifs is 2. The minimum atomic E-state index is -4.50. The fourth-order valence-electron chi connectivity index (χ4n) is 4.42. The van der Waals surface area contributed by atoms with Crippen molar-refractivity contribution in [3.05, 3.63) is 47.7 Å². The van der Waals surface area contributed by atoms with Crippen LogP contribution in [0.25, 0.3) is 0 Å². The number of halogens is 6. The second-order valence-corrected chi connectivity index (χ2v) is 9.37. The first-order chi connectivity index (χ1) is 16.4. The van der Waals surface area contributed by atoms with E-state index < -0.39 is 23.5 Å². The number of hydrogen-bond acceptors (Lipinski definition) is 5. The Kier molecular flexibility index (Phi) is 7.08. The predicted octanol–water partition coefficient (Wildman–Crippen LogP) is 6.24. The van der Waals surface area contributed by atoms with E-state index in [-0.39, 0.29) is 47.8 Å². The minimum absolute atomic E-state index is 0.0215. The summed E-state index contributed by atoms with van der Waals surface area (Å²) in [6.45, 7) is 4.92. The first-order valence-corrected chi connectivity index (χ1v) is 11.4. The molecule has 5 nitrogen and oxygen atoms in total. The van der Waals surface area contributed by atoms with Gasteiger partial charge in [0, 0.05) is 37.2 Å². The lowest BCUT2D eigenvalue weighted by Crippen LogP contribution is -2.48. The molecule has 0 spiro atoms. The SMILES string of the molecule is CC(C)COc1cc(C(F)(F)F)ccc1ON1C[C@H]2CC[C@H](C1)C2Oc1ccc(C(F)(F)F)cn1. The van der Waals surface area contributed by atoms with Gasteiger partial charge in [-0.2, -0.15) is 26.3 Å². The van der Waals surface area contributed by atoms with Crippen LogP contribution < -0.4 is 14.3 Å². The average Bonchev–Trinajstić information content (AvgIpc) is 2.99. The Bertz CT molecular complexity index is 996. The summed E-state index contributed by atoms with van der Waals surface area (Å²) in [4.78, 5) is 9.77. The predicted molar refractivity (Wildman–Crippen MR) is 114 cm³/mol. The minimum Gasteiger partial charge on any atom is -0.489 e. The van der Waals surface area contributed by atoms with Gasteiger partial charge in [0.25, 0.3) is 0 Å². The van der Waals surface area contributed by atoms with E-state index >= 15 is 0 Å². The van der Waals surface area contributed by atoms with Crippen molar-refractivity contribution in [1.82, 2.24) is 10.0 Å². The van der Waals surface area contributed by atoms with Crippen molar-refractivity contribution in [3.8, 4) is 17.4 Å². The number of benzene rings is 1. The zero-order chi connectivity index (χ0) is 25.4. The van der Waals surface area contributed by atoms with Crippen LogP contribution in [0.2, 0.25) is 0 Å². The molecule has 1 saturated heterocycles. The molecule has 11 heteroatoms. The highest BCUT2D eigenvalue weighted by molar-refractivity contribution is 5.43. The molecule has 2 atom stereocenters. The van der Waals surface area contributed by atoms with Gasteiger partial charge in [-0.25, -0.2) is 4.98 Å². The third kappa shape index (κ3) is 6.12. The van der Waals surface area contributed by atoms with Crippen LogP contribution in [0.15, 0.2) is 36.5 Å². The number of hydrogen-bond donors (Lipinski definition) is 0. The standard InChI is InChI=1S/C24H26F6N2O3/c1-14(2)13-33-20-9-17(23(25,26)27)5-7-19(20)35-32-11-15-3-4-16(12-32)22(15)34-21-8-6-18(10-31-21)24(28,29)30/h5-10,14-16,22H,3-4,11-13H2,1-2H3/t15-,16-/m1/s1. The molecule has 2 aliphatic rings. The van der Waals surface area contributed by atoms with Crippen LogP contribution in [0.5, 0.6) is 17.4 Å². The molecule has 0 radical (unpaired) electrons. The molecule has 1 aromatic carbocycles. The topological polar surface area (TPSA) is 43.8 Å². The third-order valence-electron chi connectivity index (χ3n) is 6.10. The van der Waals surface area contributed by atoms with Crippen molar-refractivity contribution in [3.63, 3.8) is 0 Å². The highest BCUT2D eigenvalue weighted by Gasteiger charge is 2.45. The van der Waals surface area contributed by atoms with Crippen LogP contribution in [0.1, 0.15) is 37.8 Å². The van der Waals surface area contributed by atoms with Gasteiger partial charge >= 0.3 is 12.4 Å². The van der Waals surface area contributed by atoms with Gasteiger partial charge in [-0.3, -0.25) is 0 Å². The van der Waals surface area contributed by atoms with Crippen molar-refractivity contribution in [2.24, 2.45) is 17.8 Å². The van der Waals surface area contributed by atoms with E-state index in [1.54, 1.807) is 5.06 Å². The molecule has 0 amide bonds. The summed E-state index contributed by atoms with van der Waals surface area (Å²) < 4.78 is 89.4. The number of rotatable bonds is 7. The molecule has 2 aromatic rings. The van der Waals surface area contributed by atoms with Crippen molar-refractivity contribution in [2.75, 3.05) is 19.7 Å². The summed E-state index contributed by atoms with van der Waals surface area (Å²) in [5.41, 5.74) is -1.66. The number of pyridine rings is 1. The van der Waals surface area contributed by atoms with Crippen LogP contribution in [0.4, 0.5) is 26.3 Å². The van der Waals surface area contributed by atoms with E-state index in [4.69, 9.17) is 14.3 Å². The molecule has 192 valence electrons. The highest BCUT2D eigenvalue weighted by atomic mass is 19.4. The summed E-state index contributed by atoms with van der Waals surface area (Å²) >= 11 is 0. The van der Waals surface area contributed by atoms with Crippen molar-refractivity contribution < 1.29 is 40.7 Å². The molecule has 2 bridgehead atoms. The number of nitrogens with zero attached hydrogens (tertiary/aromatic N) is 2. The number of aromatic nitrogens is 1. The summed E-state index contributed by atoms with van der Waals surface area (Å²) in [7, 11) is 0. The third-order valence-corrected chi connectivity index (χ3v) is 6.10. The first kappa shape index (κ1) is 25.4. The molecular formula is C24H26F6N2O3. The normalized spacial score (nSPS) is 22.9. The Hall–Kier alpha value is -2.69. The quantitative estimate of drug-likeness (QED) is 0.418. The Morgan fingerprint density at radius 1 is 0.914 bits per heavy atom. The molecule has 0 unspecified atom stereocenters. The Labute approximate surface area is 198 Å².